The predicted molar refractivity (Wildman–Crippen MR) is 115 cm³/mol. The minimum atomic E-state index is 0.0978. The summed E-state index contributed by atoms with van der Waals surface area (Å²) in [4.78, 5) is 8.42. The summed E-state index contributed by atoms with van der Waals surface area (Å²) in [5.74, 6) is 1.34. The summed E-state index contributed by atoms with van der Waals surface area (Å²) in [5, 5.41) is 20.0. The molecule has 2 N–H and O–H groups in total. The maximum absolute atomic E-state index is 9.86. The lowest BCUT2D eigenvalue weighted by atomic mass is 9.97. The van der Waals surface area contributed by atoms with E-state index in [0.29, 0.717) is 46.4 Å². The minimum Gasteiger partial charge on any atom is -0.491 e. The summed E-state index contributed by atoms with van der Waals surface area (Å²) in [6.45, 7) is 0.914. The van der Waals surface area contributed by atoms with Gasteiger partial charge in [0.15, 0.2) is 0 Å². The van der Waals surface area contributed by atoms with Crippen LogP contribution in [0.4, 0.5) is 5.82 Å². The molecule has 3 aromatic rings. The van der Waals surface area contributed by atoms with Crippen molar-refractivity contribution in [3.8, 4) is 29.0 Å². The van der Waals surface area contributed by atoms with Gasteiger partial charge in [0, 0.05) is 30.8 Å². The molecule has 0 bridgehead atoms. The Kier molecular flexibility index (Phi) is 7.23. The summed E-state index contributed by atoms with van der Waals surface area (Å²) >= 11 is 1.38. The van der Waals surface area contributed by atoms with E-state index in [1.54, 1.807) is 43.8 Å². The van der Waals surface area contributed by atoms with Crippen molar-refractivity contribution in [1.82, 2.24) is 9.97 Å². The van der Waals surface area contributed by atoms with E-state index in [2.05, 4.69) is 22.1 Å². The molecule has 0 aliphatic heterocycles. The summed E-state index contributed by atoms with van der Waals surface area (Å²) in [5.41, 5.74) is 8.74. The average molecular weight is 417 g/mol. The largest absolute Gasteiger partial charge is 0.491 e. The Labute approximate surface area is 179 Å². The fourth-order valence-corrected chi connectivity index (χ4v) is 3.72. The first-order chi connectivity index (χ1) is 14.7. The molecule has 0 atom stereocenters. The van der Waals surface area contributed by atoms with E-state index in [9.17, 15) is 10.5 Å². The van der Waals surface area contributed by atoms with Crippen LogP contribution in [0.5, 0.6) is 5.75 Å². The number of anilines is 1. The molecule has 1 aromatic carbocycles. The van der Waals surface area contributed by atoms with Crippen molar-refractivity contribution >= 4 is 17.6 Å². The molecule has 2 aromatic heterocycles. The van der Waals surface area contributed by atoms with Gasteiger partial charge in [-0.05, 0) is 29.3 Å². The molecule has 0 fully saturated rings. The average Bonchev–Trinajstić information content (AvgIpc) is 2.78. The Hall–Kier alpha value is -3.59. The number of hydrogen-bond acceptors (Lipinski definition) is 8. The van der Waals surface area contributed by atoms with Gasteiger partial charge in [-0.25, -0.2) is 4.98 Å². The Morgan fingerprint density at radius 1 is 1.07 bits per heavy atom. The zero-order chi connectivity index (χ0) is 21.3. The van der Waals surface area contributed by atoms with Gasteiger partial charge in [-0.2, -0.15) is 10.5 Å². The first-order valence-corrected chi connectivity index (χ1v) is 10.0. The van der Waals surface area contributed by atoms with Crippen LogP contribution in [0.3, 0.4) is 0 Å². The number of aromatic nitrogens is 2. The van der Waals surface area contributed by atoms with Crippen molar-refractivity contribution in [3.05, 3.63) is 65.5 Å². The predicted octanol–water partition coefficient (Wildman–Crippen LogP) is 3.79. The second-order valence-corrected chi connectivity index (χ2v) is 7.13. The van der Waals surface area contributed by atoms with Gasteiger partial charge < -0.3 is 15.2 Å². The normalized spacial score (nSPS) is 10.2. The van der Waals surface area contributed by atoms with Crippen molar-refractivity contribution in [2.24, 2.45) is 0 Å². The van der Waals surface area contributed by atoms with E-state index < -0.39 is 0 Å². The van der Waals surface area contributed by atoms with E-state index >= 15 is 0 Å². The number of thioether (sulfide) groups is 1. The summed E-state index contributed by atoms with van der Waals surface area (Å²) < 4.78 is 10.6. The number of nitrogen functional groups attached to an aromatic ring is 1. The first-order valence-electron chi connectivity index (χ1n) is 9.05. The van der Waals surface area contributed by atoms with Crippen LogP contribution in [0.15, 0.2) is 53.8 Å². The van der Waals surface area contributed by atoms with E-state index in [1.807, 2.05) is 12.1 Å². The highest BCUT2D eigenvalue weighted by molar-refractivity contribution is 7.98. The number of rotatable bonds is 8. The van der Waals surface area contributed by atoms with E-state index in [1.165, 1.54) is 11.8 Å². The Balaban J connectivity index is 1.97. The number of nitrogens with zero attached hydrogens (tertiary/aromatic N) is 4. The minimum absolute atomic E-state index is 0.0978. The summed E-state index contributed by atoms with van der Waals surface area (Å²) in [6.07, 6.45) is 3.46. The molecule has 0 saturated heterocycles. The molecule has 0 spiro atoms. The van der Waals surface area contributed by atoms with Gasteiger partial charge in [0.25, 0.3) is 0 Å². The van der Waals surface area contributed by atoms with Gasteiger partial charge in [-0.1, -0.05) is 18.2 Å². The van der Waals surface area contributed by atoms with Gasteiger partial charge in [-0.3, -0.25) is 4.98 Å². The number of methoxy groups -OCH3 is 1. The standard InChI is InChI=1S/C22H19N5O2S/c1-28-9-10-29-17-6-4-16(5-7-17)20-18(11-23)21(25)27-22(19(20)12-24)30-14-15-3-2-8-26-13-15/h2-8,13H,9-10,14H2,1H3,(H2,25,27). The smallest absolute Gasteiger partial charge is 0.143 e. The first kappa shape index (κ1) is 21.1. The SMILES string of the molecule is COCCOc1ccc(-c2c(C#N)c(N)nc(SCc3cccnc3)c2C#N)cc1. The Morgan fingerprint density at radius 3 is 2.47 bits per heavy atom. The van der Waals surface area contributed by atoms with Crippen molar-refractivity contribution < 1.29 is 9.47 Å². The molecule has 0 amide bonds. The van der Waals surface area contributed by atoms with E-state index in [-0.39, 0.29) is 11.4 Å². The molecule has 0 radical (unpaired) electrons. The van der Waals surface area contributed by atoms with Gasteiger partial charge in [-0.15, -0.1) is 11.8 Å². The van der Waals surface area contributed by atoms with Crippen LogP contribution in [0.1, 0.15) is 16.7 Å². The lowest BCUT2D eigenvalue weighted by Gasteiger charge is -2.13. The molecule has 0 aliphatic rings. The lowest BCUT2D eigenvalue weighted by Crippen LogP contribution is -2.05. The molecule has 0 unspecified atom stereocenters. The Morgan fingerprint density at radius 2 is 1.83 bits per heavy atom. The lowest BCUT2D eigenvalue weighted by molar-refractivity contribution is 0.146. The quantitative estimate of drug-likeness (QED) is 0.434. The van der Waals surface area contributed by atoms with E-state index in [0.717, 1.165) is 5.56 Å². The van der Waals surface area contributed by atoms with Crippen LogP contribution in [0.25, 0.3) is 11.1 Å². The number of ether oxygens (including phenoxy) is 2. The molecule has 30 heavy (non-hydrogen) atoms. The van der Waals surface area contributed by atoms with Gasteiger partial charge in [0.1, 0.15) is 40.9 Å². The number of nitrogens with two attached hydrogens (primary N) is 1. The monoisotopic (exact) mass is 417 g/mol. The van der Waals surface area contributed by atoms with Gasteiger partial charge in [0.2, 0.25) is 0 Å². The zero-order valence-corrected chi connectivity index (χ0v) is 17.1. The molecule has 150 valence electrons. The molecule has 2 heterocycles. The number of hydrogen-bond donors (Lipinski definition) is 1. The number of nitriles is 2. The molecule has 0 aliphatic carbocycles. The van der Waals surface area contributed by atoms with Crippen molar-refractivity contribution in [1.29, 1.82) is 10.5 Å². The highest BCUT2D eigenvalue weighted by atomic mass is 32.2. The van der Waals surface area contributed by atoms with Crippen LogP contribution >= 0.6 is 11.8 Å². The molecule has 7 nitrogen and oxygen atoms in total. The van der Waals surface area contributed by atoms with Crippen molar-refractivity contribution in [2.45, 2.75) is 10.8 Å². The topological polar surface area (TPSA) is 118 Å². The molecular weight excluding hydrogens is 398 g/mol. The third-order valence-electron chi connectivity index (χ3n) is 4.21. The fourth-order valence-electron chi connectivity index (χ4n) is 2.79. The molecule has 3 rings (SSSR count). The van der Waals surface area contributed by atoms with E-state index in [4.69, 9.17) is 15.2 Å². The van der Waals surface area contributed by atoms with Crippen LogP contribution in [0, 0.1) is 22.7 Å². The van der Waals surface area contributed by atoms with Crippen molar-refractivity contribution in [3.63, 3.8) is 0 Å². The maximum atomic E-state index is 9.86. The highest BCUT2D eigenvalue weighted by Gasteiger charge is 2.20. The zero-order valence-electron chi connectivity index (χ0n) is 16.3. The number of benzene rings is 1. The second kappa shape index (κ2) is 10.3. The van der Waals surface area contributed by atoms with Crippen LogP contribution in [0.2, 0.25) is 0 Å². The van der Waals surface area contributed by atoms with Gasteiger partial charge >= 0.3 is 0 Å². The van der Waals surface area contributed by atoms with Crippen LogP contribution < -0.4 is 10.5 Å². The second-order valence-electron chi connectivity index (χ2n) is 6.17. The van der Waals surface area contributed by atoms with Crippen molar-refractivity contribution in [2.75, 3.05) is 26.1 Å². The van der Waals surface area contributed by atoms with Crippen LogP contribution in [-0.4, -0.2) is 30.3 Å². The summed E-state index contributed by atoms with van der Waals surface area (Å²) in [7, 11) is 1.61. The fraction of sp³-hybridized carbons (Fsp3) is 0.182. The molecular formula is C22H19N5O2S. The number of pyridine rings is 2. The third kappa shape index (κ3) is 4.87. The van der Waals surface area contributed by atoms with Gasteiger partial charge in [0.05, 0.1) is 12.2 Å². The third-order valence-corrected chi connectivity index (χ3v) is 5.26. The molecule has 0 saturated carbocycles. The van der Waals surface area contributed by atoms with Crippen LogP contribution in [-0.2, 0) is 10.5 Å². The molecule has 8 heteroatoms. The Bertz CT molecular complexity index is 1090. The maximum Gasteiger partial charge on any atom is 0.143 e. The summed E-state index contributed by atoms with van der Waals surface area (Å²) in [6, 6.07) is 15.3. The highest BCUT2D eigenvalue weighted by Crippen LogP contribution is 2.37.